The minimum Gasteiger partial charge on any atom is -0.444 e. The van der Waals surface area contributed by atoms with Crippen LogP contribution in [0, 0.1) is 5.82 Å². The van der Waals surface area contributed by atoms with E-state index in [0.29, 0.717) is 31.6 Å². The summed E-state index contributed by atoms with van der Waals surface area (Å²) in [5.41, 5.74) is 0.258. The fourth-order valence-corrected chi connectivity index (χ4v) is 2.20. The van der Waals surface area contributed by atoms with Crippen LogP contribution in [0.5, 0.6) is 0 Å². The standard InChI is InChI=1S/C16H23FN2O2/c1-16(2,3)21-15(20)19-10-13(11-19)18-9-8-12-6-4-5-7-14(12)17/h4-7,13,18H,8-11H2,1-3H3. The number of halogens is 1. The van der Waals surface area contributed by atoms with E-state index in [1.54, 1.807) is 17.0 Å². The molecule has 21 heavy (non-hydrogen) atoms. The highest BCUT2D eigenvalue weighted by molar-refractivity contribution is 5.69. The Morgan fingerprint density at radius 1 is 1.38 bits per heavy atom. The first-order valence-corrected chi connectivity index (χ1v) is 7.30. The number of nitrogens with zero attached hydrogens (tertiary/aromatic N) is 1. The number of likely N-dealkylation sites (tertiary alicyclic amines) is 1. The molecule has 0 unspecified atom stereocenters. The molecule has 0 spiro atoms. The van der Waals surface area contributed by atoms with E-state index in [-0.39, 0.29) is 18.0 Å². The van der Waals surface area contributed by atoms with Crippen molar-refractivity contribution in [3.8, 4) is 0 Å². The Hall–Kier alpha value is -1.62. The lowest BCUT2D eigenvalue weighted by Crippen LogP contribution is -2.60. The second kappa shape index (κ2) is 6.43. The van der Waals surface area contributed by atoms with Crippen molar-refractivity contribution in [1.82, 2.24) is 10.2 Å². The van der Waals surface area contributed by atoms with Gasteiger partial charge in [-0.1, -0.05) is 18.2 Å². The quantitative estimate of drug-likeness (QED) is 0.928. The maximum atomic E-state index is 13.4. The summed E-state index contributed by atoms with van der Waals surface area (Å²) in [6.45, 7) is 7.56. The number of nitrogens with one attached hydrogen (secondary N) is 1. The number of carbonyl (C=O) groups is 1. The molecule has 4 nitrogen and oxygen atoms in total. The Labute approximate surface area is 125 Å². The highest BCUT2D eigenvalue weighted by atomic mass is 19.1. The van der Waals surface area contributed by atoms with Crippen molar-refractivity contribution in [2.75, 3.05) is 19.6 Å². The van der Waals surface area contributed by atoms with Crippen LogP contribution in [0.4, 0.5) is 9.18 Å². The Morgan fingerprint density at radius 3 is 2.67 bits per heavy atom. The van der Waals surface area contributed by atoms with E-state index >= 15 is 0 Å². The van der Waals surface area contributed by atoms with Crippen molar-refractivity contribution in [2.24, 2.45) is 0 Å². The van der Waals surface area contributed by atoms with Crippen molar-refractivity contribution in [2.45, 2.75) is 38.8 Å². The molecule has 1 heterocycles. The van der Waals surface area contributed by atoms with Crippen LogP contribution in [0.2, 0.25) is 0 Å². The molecule has 116 valence electrons. The monoisotopic (exact) mass is 294 g/mol. The summed E-state index contributed by atoms with van der Waals surface area (Å²) < 4.78 is 18.7. The molecule has 1 aliphatic rings. The lowest BCUT2D eigenvalue weighted by Gasteiger charge is -2.40. The van der Waals surface area contributed by atoms with Crippen molar-refractivity contribution < 1.29 is 13.9 Å². The SMILES string of the molecule is CC(C)(C)OC(=O)N1CC(NCCc2ccccc2F)C1. The smallest absolute Gasteiger partial charge is 0.410 e. The van der Waals surface area contributed by atoms with Crippen LogP contribution in [-0.4, -0.2) is 42.3 Å². The van der Waals surface area contributed by atoms with Crippen LogP contribution in [0.3, 0.4) is 0 Å². The summed E-state index contributed by atoms with van der Waals surface area (Å²) in [7, 11) is 0. The summed E-state index contributed by atoms with van der Waals surface area (Å²) in [6, 6.07) is 7.07. The van der Waals surface area contributed by atoms with E-state index in [1.807, 2.05) is 26.8 Å². The molecule has 1 aliphatic heterocycles. The molecule has 5 heteroatoms. The first-order valence-electron chi connectivity index (χ1n) is 7.30. The van der Waals surface area contributed by atoms with Gasteiger partial charge in [-0.3, -0.25) is 0 Å². The van der Waals surface area contributed by atoms with Gasteiger partial charge in [-0.2, -0.15) is 0 Å². The van der Waals surface area contributed by atoms with E-state index in [1.165, 1.54) is 6.07 Å². The third-order valence-electron chi connectivity index (χ3n) is 3.32. The van der Waals surface area contributed by atoms with Crippen LogP contribution in [0.1, 0.15) is 26.3 Å². The molecule has 1 N–H and O–H groups in total. The molecule has 1 aromatic carbocycles. The molecular weight excluding hydrogens is 271 g/mol. The van der Waals surface area contributed by atoms with E-state index in [9.17, 15) is 9.18 Å². The average Bonchev–Trinajstić information content (AvgIpc) is 2.31. The summed E-state index contributed by atoms with van der Waals surface area (Å²) in [5.74, 6) is -0.164. The van der Waals surface area contributed by atoms with Crippen molar-refractivity contribution in [3.05, 3.63) is 35.6 Å². The third kappa shape index (κ3) is 4.70. The van der Waals surface area contributed by atoms with Crippen LogP contribution < -0.4 is 5.32 Å². The predicted molar refractivity (Wildman–Crippen MR) is 79.7 cm³/mol. The normalized spacial score (nSPS) is 15.7. The lowest BCUT2D eigenvalue weighted by atomic mass is 10.1. The van der Waals surface area contributed by atoms with E-state index < -0.39 is 5.60 Å². The molecular formula is C16H23FN2O2. The molecule has 0 bridgehead atoms. The van der Waals surface area contributed by atoms with Gasteiger partial charge in [0.2, 0.25) is 0 Å². The van der Waals surface area contributed by atoms with Gasteiger partial charge in [0, 0.05) is 19.1 Å². The zero-order valence-corrected chi connectivity index (χ0v) is 12.9. The molecule has 1 saturated heterocycles. The molecule has 0 aromatic heterocycles. The Bertz CT molecular complexity index is 493. The van der Waals surface area contributed by atoms with Gasteiger partial charge in [0.1, 0.15) is 11.4 Å². The average molecular weight is 294 g/mol. The van der Waals surface area contributed by atoms with Gasteiger partial charge in [-0.25, -0.2) is 9.18 Å². The molecule has 0 radical (unpaired) electrons. The third-order valence-corrected chi connectivity index (χ3v) is 3.32. The number of amides is 1. The molecule has 0 atom stereocenters. The zero-order chi connectivity index (χ0) is 15.5. The van der Waals surface area contributed by atoms with E-state index in [0.717, 1.165) is 0 Å². The summed E-state index contributed by atoms with van der Waals surface area (Å²) in [5, 5.41) is 3.33. The Kier molecular flexibility index (Phi) is 4.83. The highest BCUT2D eigenvalue weighted by Gasteiger charge is 2.33. The van der Waals surface area contributed by atoms with Gasteiger partial charge in [0.25, 0.3) is 0 Å². The minimum atomic E-state index is -0.458. The lowest BCUT2D eigenvalue weighted by molar-refractivity contribution is 0.00542. The Morgan fingerprint density at radius 2 is 2.05 bits per heavy atom. The topological polar surface area (TPSA) is 41.6 Å². The van der Waals surface area contributed by atoms with Gasteiger partial charge in [-0.15, -0.1) is 0 Å². The van der Waals surface area contributed by atoms with Gasteiger partial charge in [-0.05, 0) is 45.4 Å². The second-order valence-corrected chi connectivity index (χ2v) is 6.38. The number of hydrogen-bond acceptors (Lipinski definition) is 3. The maximum Gasteiger partial charge on any atom is 0.410 e. The van der Waals surface area contributed by atoms with Crippen molar-refractivity contribution in [1.29, 1.82) is 0 Å². The Balaban J connectivity index is 1.65. The van der Waals surface area contributed by atoms with Gasteiger partial charge in [0.15, 0.2) is 0 Å². The molecule has 1 amide bonds. The van der Waals surface area contributed by atoms with Crippen LogP contribution in [0.15, 0.2) is 24.3 Å². The highest BCUT2D eigenvalue weighted by Crippen LogP contribution is 2.15. The van der Waals surface area contributed by atoms with Crippen molar-refractivity contribution in [3.63, 3.8) is 0 Å². The fourth-order valence-electron chi connectivity index (χ4n) is 2.20. The molecule has 1 aromatic rings. The first-order chi connectivity index (χ1) is 9.85. The molecule has 1 fully saturated rings. The number of rotatable bonds is 4. The zero-order valence-electron chi connectivity index (χ0n) is 12.9. The maximum absolute atomic E-state index is 13.4. The minimum absolute atomic E-state index is 0.164. The largest absolute Gasteiger partial charge is 0.444 e. The van der Waals surface area contributed by atoms with Gasteiger partial charge < -0.3 is 15.0 Å². The second-order valence-electron chi connectivity index (χ2n) is 6.38. The number of benzene rings is 1. The van der Waals surface area contributed by atoms with Crippen LogP contribution >= 0.6 is 0 Å². The molecule has 2 rings (SSSR count). The van der Waals surface area contributed by atoms with Crippen molar-refractivity contribution >= 4 is 6.09 Å². The summed E-state index contributed by atoms with van der Waals surface area (Å²) in [6.07, 6.45) is 0.380. The van der Waals surface area contributed by atoms with Gasteiger partial charge >= 0.3 is 6.09 Å². The first kappa shape index (κ1) is 15.8. The number of hydrogen-bond donors (Lipinski definition) is 1. The van der Waals surface area contributed by atoms with Crippen LogP contribution in [0.25, 0.3) is 0 Å². The summed E-state index contributed by atoms with van der Waals surface area (Å²) >= 11 is 0. The molecule has 0 saturated carbocycles. The van der Waals surface area contributed by atoms with Gasteiger partial charge in [0.05, 0.1) is 0 Å². The summed E-state index contributed by atoms with van der Waals surface area (Å²) in [4.78, 5) is 13.4. The predicted octanol–water partition coefficient (Wildman–Crippen LogP) is 2.58. The fraction of sp³-hybridized carbons (Fsp3) is 0.562. The van der Waals surface area contributed by atoms with E-state index in [4.69, 9.17) is 4.74 Å². The number of ether oxygens (including phenoxy) is 1. The van der Waals surface area contributed by atoms with E-state index in [2.05, 4.69) is 5.32 Å². The number of carbonyl (C=O) groups excluding carboxylic acids is 1. The van der Waals surface area contributed by atoms with Crippen LogP contribution in [-0.2, 0) is 11.2 Å². The molecule has 0 aliphatic carbocycles.